The molecule has 0 aromatic carbocycles. The van der Waals surface area contributed by atoms with Gasteiger partial charge in [-0.2, -0.15) is 0 Å². The lowest BCUT2D eigenvalue weighted by atomic mass is 9.61. The number of ether oxygens (including phenoxy) is 1. The van der Waals surface area contributed by atoms with Crippen LogP contribution in [0, 0.1) is 53.3 Å². The van der Waals surface area contributed by atoms with Gasteiger partial charge in [-0.15, -0.1) is 0 Å². The average molecular weight is 459 g/mol. The zero-order chi connectivity index (χ0) is 23.2. The predicted molar refractivity (Wildman–Crippen MR) is 142 cm³/mol. The molecule has 1 nitrogen and oxygen atoms in total. The summed E-state index contributed by atoms with van der Waals surface area (Å²) in [5.74, 6) is 8.99. The van der Waals surface area contributed by atoms with Gasteiger partial charge in [0.1, 0.15) is 0 Å². The molecule has 0 aliphatic heterocycles. The minimum Gasteiger partial charge on any atom is -0.381 e. The molecule has 0 bridgehead atoms. The zero-order valence-corrected chi connectivity index (χ0v) is 22.9. The Morgan fingerprint density at radius 1 is 0.545 bits per heavy atom. The van der Waals surface area contributed by atoms with Crippen molar-refractivity contribution in [1.29, 1.82) is 0 Å². The number of hydrogen-bond acceptors (Lipinski definition) is 1. The van der Waals surface area contributed by atoms with Crippen LogP contribution >= 0.6 is 0 Å². The number of rotatable bonds is 8. The van der Waals surface area contributed by atoms with E-state index in [-0.39, 0.29) is 0 Å². The van der Waals surface area contributed by atoms with Crippen molar-refractivity contribution < 1.29 is 4.74 Å². The summed E-state index contributed by atoms with van der Waals surface area (Å²) in [6, 6.07) is 0. The smallest absolute Gasteiger partial charge is 0.0599 e. The second-order valence-corrected chi connectivity index (χ2v) is 13.4. The van der Waals surface area contributed by atoms with E-state index in [9.17, 15) is 0 Å². The van der Waals surface area contributed by atoms with E-state index < -0.39 is 0 Å². The Labute approximate surface area is 207 Å². The fourth-order valence-electron chi connectivity index (χ4n) is 9.37. The molecule has 4 rings (SSSR count). The number of methoxy groups -OCH3 is 1. The Balaban J connectivity index is 1.15. The Kier molecular flexibility index (Phi) is 10.1. The first-order chi connectivity index (χ1) is 16.1. The molecule has 0 saturated heterocycles. The van der Waals surface area contributed by atoms with E-state index in [1.807, 2.05) is 7.11 Å². The van der Waals surface area contributed by atoms with Gasteiger partial charge in [0, 0.05) is 7.11 Å². The van der Waals surface area contributed by atoms with Gasteiger partial charge < -0.3 is 4.74 Å². The third-order valence-electron chi connectivity index (χ3n) is 11.9. The van der Waals surface area contributed by atoms with Crippen molar-refractivity contribution in [2.24, 2.45) is 53.3 Å². The van der Waals surface area contributed by atoms with E-state index in [1.54, 1.807) is 64.2 Å². The maximum atomic E-state index is 5.78. The van der Waals surface area contributed by atoms with Crippen LogP contribution in [0.15, 0.2) is 0 Å². The fraction of sp³-hybridized carbons (Fsp3) is 1.00. The minimum atomic E-state index is 0.513. The van der Waals surface area contributed by atoms with Crippen LogP contribution in [0.1, 0.15) is 136 Å². The summed E-state index contributed by atoms with van der Waals surface area (Å²) in [6.45, 7) is 7.33. The molecule has 0 aromatic rings. The molecule has 33 heavy (non-hydrogen) atoms. The highest BCUT2D eigenvalue weighted by Crippen LogP contribution is 2.49. The van der Waals surface area contributed by atoms with Gasteiger partial charge >= 0.3 is 0 Å². The molecule has 4 unspecified atom stereocenters. The first-order valence-electron chi connectivity index (χ1n) is 15.6. The molecule has 0 radical (unpaired) electrons. The second-order valence-electron chi connectivity index (χ2n) is 13.4. The number of hydrogen-bond donors (Lipinski definition) is 0. The van der Waals surface area contributed by atoms with Crippen LogP contribution in [0.4, 0.5) is 0 Å². The van der Waals surface area contributed by atoms with Crippen LogP contribution in [0.25, 0.3) is 0 Å². The Hall–Kier alpha value is -0.0400. The van der Waals surface area contributed by atoms with Crippen LogP contribution in [0.2, 0.25) is 0 Å². The minimum absolute atomic E-state index is 0.513. The molecule has 4 aliphatic rings. The maximum Gasteiger partial charge on any atom is 0.0599 e. The third-order valence-corrected chi connectivity index (χ3v) is 11.9. The van der Waals surface area contributed by atoms with E-state index >= 15 is 0 Å². The van der Waals surface area contributed by atoms with Gasteiger partial charge in [-0.3, -0.25) is 0 Å². The molecular formula is C32H58O. The van der Waals surface area contributed by atoms with Crippen LogP contribution in [-0.2, 0) is 4.74 Å². The molecule has 0 spiro atoms. The SMILES string of the molecule is CCCCCC1CCC(C2CCC(C3CCC(C4CCC(OC)C(C)C4C)CC3)CC2)CC1. The standard InChI is InChI=1S/C32H58O/c1-5-6-7-8-25-9-11-26(12-10-25)27-13-15-28(16-14-27)29-17-19-30(20-18-29)31-21-22-32(33-4)24(3)23(31)2/h23-32H,5-22H2,1-4H3. The Bertz CT molecular complexity index is 533. The van der Waals surface area contributed by atoms with E-state index in [0.29, 0.717) is 6.10 Å². The van der Waals surface area contributed by atoms with Crippen molar-refractivity contribution >= 4 is 0 Å². The highest BCUT2D eigenvalue weighted by molar-refractivity contribution is 4.91. The second kappa shape index (κ2) is 12.8. The van der Waals surface area contributed by atoms with E-state index in [0.717, 1.165) is 53.3 Å². The van der Waals surface area contributed by atoms with E-state index in [2.05, 4.69) is 20.8 Å². The van der Waals surface area contributed by atoms with Gasteiger partial charge in [-0.25, -0.2) is 0 Å². The number of unbranched alkanes of at least 4 members (excludes halogenated alkanes) is 2. The molecule has 4 saturated carbocycles. The summed E-state index contributed by atoms with van der Waals surface area (Å²) in [5, 5.41) is 0. The zero-order valence-electron chi connectivity index (χ0n) is 22.9. The van der Waals surface area contributed by atoms with E-state index in [4.69, 9.17) is 4.74 Å². The summed E-state index contributed by atoms with van der Waals surface area (Å²) in [4.78, 5) is 0. The van der Waals surface area contributed by atoms with Crippen molar-refractivity contribution in [1.82, 2.24) is 0 Å². The lowest BCUT2D eigenvalue weighted by molar-refractivity contribution is -0.0355. The summed E-state index contributed by atoms with van der Waals surface area (Å²) >= 11 is 0. The van der Waals surface area contributed by atoms with Gasteiger partial charge in [0.25, 0.3) is 0 Å². The molecule has 4 aliphatic carbocycles. The molecule has 0 heterocycles. The highest BCUT2D eigenvalue weighted by atomic mass is 16.5. The van der Waals surface area contributed by atoms with Gasteiger partial charge in [-0.1, -0.05) is 59.3 Å². The highest BCUT2D eigenvalue weighted by Gasteiger charge is 2.40. The molecular weight excluding hydrogens is 400 g/mol. The summed E-state index contributed by atoms with van der Waals surface area (Å²) < 4.78 is 5.78. The Morgan fingerprint density at radius 3 is 1.52 bits per heavy atom. The van der Waals surface area contributed by atoms with Crippen molar-refractivity contribution in [3.05, 3.63) is 0 Å². The Morgan fingerprint density at radius 2 is 1.03 bits per heavy atom. The third kappa shape index (κ3) is 6.59. The lowest BCUT2D eigenvalue weighted by Crippen LogP contribution is -2.40. The first-order valence-corrected chi connectivity index (χ1v) is 15.6. The molecule has 0 aromatic heterocycles. The van der Waals surface area contributed by atoms with Crippen LogP contribution in [-0.4, -0.2) is 13.2 Å². The van der Waals surface area contributed by atoms with Gasteiger partial charge in [0.05, 0.1) is 6.10 Å². The van der Waals surface area contributed by atoms with Crippen molar-refractivity contribution in [3.63, 3.8) is 0 Å². The van der Waals surface area contributed by atoms with Crippen LogP contribution in [0.5, 0.6) is 0 Å². The van der Waals surface area contributed by atoms with Crippen molar-refractivity contribution in [3.8, 4) is 0 Å². The van der Waals surface area contributed by atoms with Gasteiger partial charge in [0.2, 0.25) is 0 Å². The topological polar surface area (TPSA) is 9.23 Å². The molecule has 4 fully saturated rings. The van der Waals surface area contributed by atoms with E-state index in [1.165, 1.54) is 51.4 Å². The summed E-state index contributed by atoms with van der Waals surface area (Å²) in [5.41, 5.74) is 0. The summed E-state index contributed by atoms with van der Waals surface area (Å²) in [6.07, 6.45) is 27.8. The fourth-order valence-corrected chi connectivity index (χ4v) is 9.37. The van der Waals surface area contributed by atoms with Crippen molar-refractivity contribution in [2.75, 3.05) is 7.11 Å². The molecule has 192 valence electrons. The molecule has 0 amide bonds. The normalized spacial score (nSPS) is 45.1. The van der Waals surface area contributed by atoms with Crippen LogP contribution in [0.3, 0.4) is 0 Å². The summed E-state index contributed by atoms with van der Waals surface area (Å²) in [7, 11) is 1.92. The average Bonchev–Trinajstić information content (AvgIpc) is 2.87. The molecule has 4 atom stereocenters. The predicted octanol–water partition coefficient (Wildman–Crippen LogP) is 9.68. The van der Waals surface area contributed by atoms with Crippen molar-refractivity contribution in [2.45, 2.75) is 142 Å². The lowest BCUT2D eigenvalue weighted by Gasteiger charge is -2.46. The quantitative estimate of drug-likeness (QED) is 0.329. The monoisotopic (exact) mass is 458 g/mol. The largest absolute Gasteiger partial charge is 0.381 e. The van der Waals surface area contributed by atoms with Crippen LogP contribution < -0.4 is 0 Å². The molecule has 0 N–H and O–H groups in total. The van der Waals surface area contributed by atoms with Gasteiger partial charge in [0.15, 0.2) is 0 Å². The van der Waals surface area contributed by atoms with Gasteiger partial charge in [-0.05, 0) is 130 Å². The first kappa shape index (κ1) is 26.0. The molecule has 1 heteroatoms. The maximum absolute atomic E-state index is 5.78.